The molecule has 0 spiro atoms. The van der Waals surface area contributed by atoms with E-state index in [4.69, 9.17) is 14.7 Å². The van der Waals surface area contributed by atoms with Gasteiger partial charge in [-0.3, -0.25) is 0 Å². The Morgan fingerprint density at radius 1 is 1.16 bits per heavy atom. The Morgan fingerprint density at radius 3 is 2.58 bits per heavy atom. The lowest BCUT2D eigenvalue weighted by Gasteiger charge is -2.12. The highest BCUT2D eigenvalue weighted by Gasteiger charge is 2.41. The molecule has 1 aliphatic rings. The number of hydrogen-bond donors (Lipinski definition) is 0. The largest absolute Gasteiger partial charge is 0.497 e. The molecule has 1 saturated carbocycles. The molecule has 19 heavy (non-hydrogen) atoms. The van der Waals surface area contributed by atoms with Crippen molar-refractivity contribution in [2.24, 2.45) is 5.92 Å². The van der Waals surface area contributed by atoms with Gasteiger partial charge in [0.2, 0.25) is 0 Å². The molecule has 0 unspecified atom stereocenters. The molecule has 3 rings (SSSR count). The van der Waals surface area contributed by atoms with E-state index in [1.54, 1.807) is 14.2 Å². The van der Waals surface area contributed by atoms with E-state index in [1.165, 1.54) is 0 Å². The summed E-state index contributed by atoms with van der Waals surface area (Å²) < 4.78 is 10.8. The van der Waals surface area contributed by atoms with Gasteiger partial charge in [0.25, 0.3) is 0 Å². The third-order valence-electron chi connectivity index (χ3n) is 3.78. The van der Waals surface area contributed by atoms with Gasteiger partial charge >= 0.3 is 0 Å². The molecule has 2 aromatic rings. The van der Waals surface area contributed by atoms with E-state index in [2.05, 4.69) is 6.07 Å². The van der Waals surface area contributed by atoms with Crippen LogP contribution in [-0.4, -0.2) is 14.2 Å². The Hall–Kier alpha value is -2.21. The molecule has 0 heterocycles. The Labute approximate surface area is 112 Å². The molecular weight excluding hydrogens is 238 g/mol. The molecule has 3 heteroatoms. The average Bonchev–Trinajstić information content (AvgIpc) is 3.24. The number of rotatable bonds is 3. The molecule has 0 amide bonds. The first-order chi connectivity index (χ1) is 9.28. The van der Waals surface area contributed by atoms with Crippen LogP contribution in [0.15, 0.2) is 30.3 Å². The normalized spacial score (nSPS) is 20.9. The Balaban J connectivity index is 2.22. The molecule has 3 nitrogen and oxygen atoms in total. The van der Waals surface area contributed by atoms with E-state index in [-0.39, 0.29) is 11.8 Å². The van der Waals surface area contributed by atoms with Crippen LogP contribution in [0.2, 0.25) is 0 Å². The summed E-state index contributed by atoms with van der Waals surface area (Å²) in [5.74, 6) is 2.10. The summed E-state index contributed by atoms with van der Waals surface area (Å²) in [4.78, 5) is 0. The van der Waals surface area contributed by atoms with Crippen LogP contribution in [0.3, 0.4) is 0 Å². The first-order valence-corrected chi connectivity index (χ1v) is 6.32. The lowest BCUT2D eigenvalue weighted by Crippen LogP contribution is -1.94. The van der Waals surface area contributed by atoms with Gasteiger partial charge in [0.15, 0.2) is 0 Å². The van der Waals surface area contributed by atoms with Crippen LogP contribution in [0.4, 0.5) is 0 Å². The lowest BCUT2D eigenvalue weighted by atomic mass is 9.98. The van der Waals surface area contributed by atoms with Gasteiger partial charge in [0.05, 0.1) is 26.2 Å². The molecule has 0 bridgehead atoms. The van der Waals surface area contributed by atoms with Crippen molar-refractivity contribution in [2.75, 3.05) is 14.2 Å². The van der Waals surface area contributed by atoms with Crippen molar-refractivity contribution < 1.29 is 9.47 Å². The van der Waals surface area contributed by atoms with Crippen molar-refractivity contribution in [2.45, 2.75) is 12.3 Å². The summed E-state index contributed by atoms with van der Waals surface area (Å²) in [5, 5.41) is 11.3. The number of fused-ring (bicyclic) bond motifs is 1. The predicted octanol–water partition coefficient (Wildman–Crippen LogP) is 3.48. The lowest BCUT2D eigenvalue weighted by molar-refractivity contribution is 0.410. The van der Waals surface area contributed by atoms with Crippen LogP contribution in [0.1, 0.15) is 17.9 Å². The summed E-state index contributed by atoms with van der Waals surface area (Å²) in [6, 6.07) is 12.4. The van der Waals surface area contributed by atoms with Crippen molar-refractivity contribution in [1.82, 2.24) is 0 Å². The fourth-order valence-corrected chi connectivity index (χ4v) is 2.65. The van der Waals surface area contributed by atoms with Gasteiger partial charge < -0.3 is 9.47 Å². The topological polar surface area (TPSA) is 42.2 Å². The summed E-state index contributed by atoms with van der Waals surface area (Å²) in [6.07, 6.45) is 0.920. The van der Waals surface area contributed by atoms with Crippen LogP contribution in [0, 0.1) is 17.2 Å². The molecule has 0 aromatic heterocycles. The molecular formula is C16H15NO2. The van der Waals surface area contributed by atoms with Crippen molar-refractivity contribution in [3.63, 3.8) is 0 Å². The summed E-state index contributed by atoms with van der Waals surface area (Å²) in [6.45, 7) is 0. The number of nitriles is 1. The predicted molar refractivity (Wildman–Crippen MR) is 73.5 cm³/mol. The van der Waals surface area contributed by atoms with Gasteiger partial charge in [-0.05, 0) is 35.4 Å². The number of hydrogen-bond acceptors (Lipinski definition) is 3. The molecule has 1 aliphatic carbocycles. The molecule has 96 valence electrons. The van der Waals surface area contributed by atoms with Gasteiger partial charge in [-0.25, -0.2) is 0 Å². The average molecular weight is 253 g/mol. The minimum absolute atomic E-state index is 0.116. The Morgan fingerprint density at radius 2 is 1.95 bits per heavy atom. The van der Waals surface area contributed by atoms with Crippen molar-refractivity contribution in [3.8, 4) is 17.6 Å². The van der Waals surface area contributed by atoms with Crippen molar-refractivity contribution in [1.29, 1.82) is 5.26 Å². The van der Waals surface area contributed by atoms with Gasteiger partial charge in [-0.1, -0.05) is 12.1 Å². The third-order valence-corrected chi connectivity index (χ3v) is 3.78. The number of ether oxygens (including phenoxy) is 2. The number of benzene rings is 2. The monoisotopic (exact) mass is 253 g/mol. The van der Waals surface area contributed by atoms with Crippen LogP contribution < -0.4 is 9.47 Å². The molecule has 0 aliphatic heterocycles. The second kappa shape index (κ2) is 4.47. The van der Waals surface area contributed by atoms with Crippen LogP contribution in [-0.2, 0) is 0 Å². The Kier molecular flexibility index (Phi) is 2.79. The number of nitrogens with zero attached hydrogens (tertiary/aromatic N) is 1. The van der Waals surface area contributed by atoms with Crippen LogP contribution in [0.25, 0.3) is 10.8 Å². The number of methoxy groups -OCH3 is 2. The van der Waals surface area contributed by atoms with Gasteiger partial charge in [-0.15, -0.1) is 0 Å². The maximum absolute atomic E-state index is 9.06. The fraction of sp³-hybridized carbons (Fsp3) is 0.312. The highest BCUT2D eigenvalue weighted by atomic mass is 16.5. The quantitative estimate of drug-likeness (QED) is 0.841. The van der Waals surface area contributed by atoms with E-state index in [9.17, 15) is 0 Å². The highest BCUT2D eigenvalue weighted by molar-refractivity contribution is 5.90. The SMILES string of the molecule is COc1ccc2ccc(OC)c([C@@H]3C[C@H]3C#N)c2c1. The molecule has 2 atom stereocenters. The minimum Gasteiger partial charge on any atom is -0.497 e. The van der Waals surface area contributed by atoms with Gasteiger partial charge in [0.1, 0.15) is 11.5 Å². The molecule has 2 aromatic carbocycles. The molecule has 0 N–H and O–H groups in total. The zero-order valence-electron chi connectivity index (χ0n) is 11.0. The fourth-order valence-electron chi connectivity index (χ4n) is 2.65. The molecule has 1 fully saturated rings. The summed E-state index contributed by atoms with van der Waals surface area (Å²) in [7, 11) is 3.34. The second-order valence-corrected chi connectivity index (χ2v) is 4.85. The molecule has 0 saturated heterocycles. The first-order valence-electron chi connectivity index (χ1n) is 6.32. The third kappa shape index (κ3) is 1.90. The Bertz CT molecular complexity index is 667. The second-order valence-electron chi connectivity index (χ2n) is 4.85. The van der Waals surface area contributed by atoms with Crippen molar-refractivity contribution >= 4 is 10.8 Å². The minimum atomic E-state index is 0.116. The maximum atomic E-state index is 9.06. The van der Waals surface area contributed by atoms with Crippen LogP contribution >= 0.6 is 0 Å². The van der Waals surface area contributed by atoms with E-state index in [0.29, 0.717) is 0 Å². The maximum Gasteiger partial charge on any atom is 0.123 e. The van der Waals surface area contributed by atoms with Gasteiger partial charge in [-0.2, -0.15) is 5.26 Å². The summed E-state index contributed by atoms with van der Waals surface area (Å²) in [5.41, 5.74) is 1.14. The van der Waals surface area contributed by atoms with Gasteiger partial charge in [0, 0.05) is 11.5 Å². The zero-order chi connectivity index (χ0) is 13.4. The highest BCUT2D eigenvalue weighted by Crippen LogP contribution is 2.52. The van der Waals surface area contributed by atoms with Crippen LogP contribution in [0.5, 0.6) is 11.5 Å². The van der Waals surface area contributed by atoms with Crippen molar-refractivity contribution in [3.05, 3.63) is 35.9 Å². The van der Waals surface area contributed by atoms with E-state index < -0.39 is 0 Å². The van der Waals surface area contributed by atoms with E-state index >= 15 is 0 Å². The van der Waals surface area contributed by atoms with E-state index in [1.807, 2.05) is 30.3 Å². The first kappa shape index (κ1) is 11.9. The zero-order valence-corrected chi connectivity index (χ0v) is 11.0. The molecule has 0 radical (unpaired) electrons. The standard InChI is InChI=1S/C16H15NO2/c1-18-12-5-3-10-4-6-15(19-2)16(14(10)8-12)13-7-11(13)9-17/h3-6,8,11,13H,7H2,1-2H3/t11-,13+/m0/s1. The van der Waals surface area contributed by atoms with E-state index in [0.717, 1.165) is 34.3 Å². The smallest absolute Gasteiger partial charge is 0.123 e. The summed E-state index contributed by atoms with van der Waals surface area (Å²) >= 11 is 0.